The molecule has 0 saturated heterocycles. The van der Waals surface area contributed by atoms with Crippen LogP contribution in [0.5, 0.6) is 0 Å². The van der Waals surface area contributed by atoms with Crippen LogP contribution in [-0.2, 0) is 0 Å². The molecular weight excluding hydrogens is 184 g/mol. The highest BCUT2D eigenvalue weighted by molar-refractivity contribution is 5.68. The van der Waals surface area contributed by atoms with Crippen LogP contribution in [0.2, 0.25) is 0 Å². The summed E-state index contributed by atoms with van der Waals surface area (Å²) in [6.45, 7) is 4.03. The van der Waals surface area contributed by atoms with Gasteiger partial charge >= 0.3 is 5.69 Å². The molecule has 0 spiro atoms. The number of hydrogen-bond acceptors (Lipinski definition) is 4. The van der Waals surface area contributed by atoms with Crippen molar-refractivity contribution in [1.29, 1.82) is 0 Å². The van der Waals surface area contributed by atoms with Gasteiger partial charge in [-0.1, -0.05) is 13.8 Å². The number of fused-ring (bicyclic) bond motifs is 1. The lowest BCUT2D eigenvalue weighted by atomic mass is 10.2. The predicted octanol–water partition coefficient (Wildman–Crippen LogP) is -0.117. The van der Waals surface area contributed by atoms with Gasteiger partial charge in [-0.3, -0.25) is 14.8 Å². The topological polar surface area (TPSA) is 89.8 Å². The molecule has 76 valence electrons. The Morgan fingerprint density at radius 2 is 1.86 bits per heavy atom. The Morgan fingerprint density at radius 1 is 1.14 bits per heavy atom. The van der Waals surface area contributed by atoms with E-state index in [-0.39, 0.29) is 11.7 Å². The normalized spacial score (nSPS) is 18.9. The summed E-state index contributed by atoms with van der Waals surface area (Å²) in [7, 11) is 0. The molecule has 6 nitrogen and oxygen atoms in total. The summed E-state index contributed by atoms with van der Waals surface area (Å²) in [5.74, 6) is 0.794. The molecule has 0 radical (unpaired) electrons. The van der Waals surface area contributed by atoms with E-state index < -0.39 is 5.69 Å². The minimum atomic E-state index is -0.493. The van der Waals surface area contributed by atoms with Crippen LogP contribution in [0.25, 0.3) is 0 Å². The molecule has 0 saturated carbocycles. The summed E-state index contributed by atoms with van der Waals surface area (Å²) < 4.78 is 0. The molecule has 0 bridgehead atoms. The molecule has 1 atom stereocenters. The number of anilines is 2. The molecule has 2 rings (SSSR count). The Kier molecular flexibility index (Phi) is 1.83. The number of rotatable bonds is 1. The van der Waals surface area contributed by atoms with Gasteiger partial charge in [0.25, 0.3) is 5.56 Å². The van der Waals surface area contributed by atoms with Gasteiger partial charge in [-0.25, -0.2) is 4.79 Å². The van der Waals surface area contributed by atoms with Gasteiger partial charge in [-0.2, -0.15) is 0 Å². The molecule has 4 N–H and O–H groups in total. The molecule has 0 aliphatic carbocycles. The van der Waals surface area contributed by atoms with Gasteiger partial charge in [0.1, 0.15) is 17.7 Å². The minimum Gasteiger partial charge on any atom is -0.358 e. The van der Waals surface area contributed by atoms with Gasteiger partial charge in [-0.05, 0) is 5.92 Å². The molecule has 1 aliphatic heterocycles. The maximum atomic E-state index is 11.3. The van der Waals surface area contributed by atoms with Gasteiger partial charge in [-0.15, -0.1) is 0 Å². The van der Waals surface area contributed by atoms with E-state index in [0.29, 0.717) is 17.4 Å². The SMILES string of the molecule is CC(C)C1Nc2[nH]c(=O)[nH]c(=O)c2N1. The van der Waals surface area contributed by atoms with E-state index in [0.717, 1.165) is 0 Å². The van der Waals surface area contributed by atoms with E-state index in [2.05, 4.69) is 20.6 Å². The van der Waals surface area contributed by atoms with Gasteiger partial charge < -0.3 is 10.6 Å². The minimum absolute atomic E-state index is 0.0100. The van der Waals surface area contributed by atoms with E-state index in [4.69, 9.17) is 0 Å². The highest BCUT2D eigenvalue weighted by Crippen LogP contribution is 2.23. The number of aromatic nitrogens is 2. The van der Waals surface area contributed by atoms with Crippen molar-refractivity contribution in [2.24, 2.45) is 5.92 Å². The highest BCUT2D eigenvalue weighted by atomic mass is 16.2. The Bertz CT molecular complexity index is 459. The molecule has 0 fully saturated rings. The standard InChI is InChI=1S/C8H12N4O2/c1-3(2)5-9-4-6(10-5)11-8(14)12-7(4)13/h3,5,9H,1-2H3,(H3,10,11,12,13,14). The van der Waals surface area contributed by atoms with Crippen LogP contribution >= 0.6 is 0 Å². The molecular formula is C8H12N4O2. The van der Waals surface area contributed by atoms with Gasteiger partial charge in [0.05, 0.1) is 0 Å². The second-order valence-corrected chi connectivity index (χ2v) is 3.67. The quantitative estimate of drug-likeness (QED) is 0.504. The molecule has 1 aliphatic rings. The van der Waals surface area contributed by atoms with Gasteiger partial charge in [0.15, 0.2) is 0 Å². The van der Waals surface area contributed by atoms with Crippen LogP contribution in [0.1, 0.15) is 13.8 Å². The number of nitrogens with one attached hydrogen (secondary N) is 4. The zero-order valence-electron chi connectivity index (χ0n) is 7.97. The van der Waals surface area contributed by atoms with Crippen LogP contribution < -0.4 is 21.9 Å². The zero-order chi connectivity index (χ0) is 10.3. The average molecular weight is 196 g/mol. The summed E-state index contributed by atoms with van der Waals surface area (Å²) in [5.41, 5.74) is -0.477. The molecule has 14 heavy (non-hydrogen) atoms. The molecule has 6 heteroatoms. The number of hydrogen-bond donors (Lipinski definition) is 4. The first-order valence-corrected chi connectivity index (χ1v) is 4.47. The van der Waals surface area contributed by atoms with E-state index >= 15 is 0 Å². The largest absolute Gasteiger partial charge is 0.358 e. The Balaban J connectivity index is 2.45. The fourth-order valence-electron chi connectivity index (χ4n) is 1.41. The Morgan fingerprint density at radius 3 is 2.50 bits per heavy atom. The van der Waals surface area contributed by atoms with Crippen LogP contribution in [0.15, 0.2) is 9.59 Å². The van der Waals surface area contributed by atoms with Crippen molar-refractivity contribution in [1.82, 2.24) is 9.97 Å². The monoisotopic (exact) mass is 196 g/mol. The van der Waals surface area contributed by atoms with Gasteiger partial charge in [0, 0.05) is 0 Å². The van der Waals surface area contributed by atoms with Crippen LogP contribution in [0.3, 0.4) is 0 Å². The van der Waals surface area contributed by atoms with Crippen molar-refractivity contribution in [2.45, 2.75) is 20.0 Å². The van der Waals surface area contributed by atoms with Gasteiger partial charge in [0.2, 0.25) is 0 Å². The van der Waals surface area contributed by atoms with E-state index in [1.807, 2.05) is 13.8 Å². The third kappa shape index (κ3) is 1.28. The summed E-state index contributed by atoms with van der Waals surface area (Å²) in [6.07, 6.45) is -0.0100. The van der Waals surface area contributed by atoms with Crippen molar-refractivity contribution < 1.29 is 0 Å². The Hall–Kier alpha value is -1.72. The third-order valence-electron chi connectivity index (χ3n) is 2.21. The van der Waals surface area contributed by atoms with Crippen LogP contribution in [-0.4, -0.2) is 16.1 Å². The van der Waals surface area contributed by atoms with E-state index in [9.17, 15) is 9.59 Å². The first kappa shape index (κ1) is 8.86. The summed E-state index contributed by atoms with van der Waals surface area (Å²) in [6, 6.07) is 0. The van der Waals surface area contributed by atoms with Crippen molar-refractivity contribution in [2.75, 3.05) is 10.6 Å². The summed E-state index contributed by atoms with van der Waals surface area (Å²) >= 11 is 0. The fourth-order valence-corrected chi connectivity index (χ4v) is 1.41. The first-order valence-electron chi connectivity index (χ1n) is 4.47. The van der Waals surface area contributed by atoms with E-state index in [1.165, 1.54) is 0 Å². The molecule has 2 heterocycles. The lowest BCUT2D eigenvalue weighted by molar-refractivity contribution is 0.580. The summed E-state index contributed by atoms with van der Waals surface area (Å²) in [4.78, 5) is 27.0. The fraction of sp³-hybridized carbons (Fsp3) is 0.500. The van der Waals surface area contributed by atoms with Crippen molar-refractivity contribution in [3.8, 4) is 0 Å². The van der Waals surface area contributed by atoms with Crippen molar-refractivity contribution in [3.63, 3.8) is 0 Å². The number of aromatic amines is 2. The lowest BCUT2D eigenvalue weighted by Gasteiger charge is -2.15. The summed E-state index contributed by atoms with van der Waals surface area (Å²) in [5, 5.41) is 6.03. The van der Waals surface area contributed by atoms with Crippen LogP contribution in [0, 0.1) is 5.92 Å². The average Bonchev–Trinajstić information content (AvgIpc) is 2.47. The first-order chi connectivity index (χ1) is 6.58. The molecule has 0 amide bonds. The smallest absolute Gasteiger partial charge is 0.327 e. The predicted molar refractivity (Wildman–Crippen MR) is 53.6 cm³/mol. The Labute approximate surface area is 79.7 Å². The van der Waals surface area contributed by atoms with E-state index in [1.54, 1.807) is 0 Å². The maximum absolute atomic E-state index is 11.3. The second kappa shape index (κ2) is 2.90. The highest BCUT2D eigenvalue weighted by Gasteiger charge is 2.25. The maximum Gasteiger partial charge on any atom is 0.327 e. The number of H-pyrrole nitrogens is 2. The lowest BCUT2D eigenvalue weighted by Crippen LogP contribution is -2.29. The molecule has 1 aromatic heterocycles. The third-order valence-corrected chi connectivity index (χ3v) is 2.21. The van der Waals surface area contributed by atoms with Crippen molar-refractivity contribution >= 4 is 11.5 Å². The molecule has 0 aromatic carbocycles. The van der Waals surface area contributed by atoms with Crippen LogP contribution in [0.4, 0.5) is 11.5 Å². The molecule has 1 unspecified atom stereocenters. The molecule has 1 aromatic rings. The zero-order valence-corrected chi connectivity index (χ0v) is 7.97. The second-order valence-electron chi connectivity index (χ2n) is 3.67. The van der Waals surface area contributed by atoms with Crippen molar-refractivity contribution in [3.05, 3.63) is 20.8 Å².